The van der Waals surface area contributed by atoms with Gasteiger partial charge in [-0.1, -0.05) is 5.16 Å². The van der Waals surface area contributed by atoms with Gasteiger partial charge in [-0.05, 0) is 61.9 Å². The van der Waals surface area contributed by atoms with Crippen LogP contribution < -0.4 is 9.47 Å². The van der Waals surface area contributed by atoms with Crippen molar-refractivity contribution in [3.05, 3.63) is 77.3 Å². The van der Waals surface area contributed by atoms with Crippen LogP contribution in [0, 0.1) is 19.7 Å². The minimum atomic E-state index is -0.286. The Balaban J connectivity index is 1.41. The van der Waals surface area contributed by atoms with E-state index in [2.05, 4.69) is 20.2 Å². The summed E-state index contributed by atoms with van der Waals surface area (Å²) in [6.07, 6.45) is 3.19. The molecule has 10 heteroatoms. The van der Waals surface area contributed by atoms with Crippen molar-refractivity contribution in [3.8, 4) is 17.2 Å². The Morgan fingerprint density at radius 3 is 2.51 bits per heavy atom. The van der Waals surface area contributed by atoms with Gasteiger partial charge in [0, 0.05) is 16.9 Å². The van der Waals surface area contributed by atoms with Crippen LogP contribution in [0.5, 0.6) is 11.5 Å². The van der Waals surface area contributed by atoms with Crippen molar-refractivity contribution in [2.75, 3.05) is 14.2 Å². The van der Waals surface area contributed by atoms with E-state index < -0.39 is 0 Å². The van der Waals surface area contributed by atoms with Crippen molar-refractivity contribution >= 4 is 22.9 Å². The molecule has 0 bridgehead atoms. The SMILES string of the molecule is COc1ccc(/C=N/OCc2nc3c4c(C)c(C)n(-c5ccc(F)cc5)c4ncn3n2)cc1OC. The van der Waals surface area contributed by atoms with Crippen LogP contribution in [0.15, 0.2) is 53.9 Å². The number of rotatable bonds is 7. The number of hydrogen-bond acceptors (Lipinski definition) is 7. The number of ether oxygens (including phenoxy) is 2. The maximum absolute atomic E-state index is 13.4. The van der Waals surface area contributed by atoms with Crippen LogP contribution in [0.4, 0.5) is 4.39 Å². The summed E-state index contributed by atoms with van der Waals surface area (Å²) < 4.78 is 27.6. The van der Waals surface area contributed by atoms with Gasteiger partial charge in [0.1, 0.15) is 12.1 Å². The maximum atomic E-state index is 13.4. The Hall–Kier alpha value is -4.47. The summed E-state index contributed by atoms with van der Waals surface area (Å²) in [4.78, 5) is 14.7. The molecule has 5 aromatic rings. The fraction of sp³-hybridized carbons (Fsp3) is 0.200. The first kappa shape index (κ1) is 22.3. The van der Waals surface area contributed by atoms with E-state index in [0.717, 1.165) is 33.5 Å². The van der Waals surface area contributed by atoms with Crippen molar-refractivity contribution in [1.82, 2.24) is 24.1 Å². The third-order valence-corrected chi connectivity index (χ3v) is 5.84. The maximum Gasteiger partial charge on any atom is 0.192 e. The number of hydrogen-bond donors (Lipinski definition) is 0. The predicted molar refractivity (Wildman–Crippen MR) is 129 cm³/mol. The molecule has 0 unspecified atom stereocenters. The number of fused-ring (bicyclic) bond motifs is 3. The van der Waals surface area contributed by atoms with Gasteiger partial charge in [0.15, 0.2) is 35.2 Å². The van der Waals surface area contributed by atoms with Crippen LogP contribution in [0.2, 0.25) is 0 Å². The van der Waals surface area contributed by atoms with E-state index in [1.54, 1.807) is 55.5 Å². The summed E-state index contributed by atoms with van der Waals surface area (Å²) in [7, 11) is 3.16. The highest BCUT2D eigenvalue weighted by molar-refractivity contribution is 5.95. The Labute approximate surface area is 200 Å². The summed E-state index contributed by atoms with van der Waals surface area (Å²) in [5, 5.41) is 9.37. The van der Waals surface area contributed by atoms with Crippen LogP contribution in [0.3, 0.4) is 0 Å². The molecule has 35 heavy (non-hydrogen) atoms. The molecule has 0 spiro atoms. The third-order valence-electron chi connectivity index (χ3n) is 5.84. The second-order valence-corrected chi connectivity index (χ2v) is 7.88. The minimum Gasteiger partial charge on any atom is -0.493 e. The molecule has 0 saturated carbocycles. The number of methoxy groups -OCH3 is 2. The Kier molecular flexibility index (Phi) is 5.77. The second kappa shape index (κ2) is 9.05. The number of benzene rings is 2. The number of nitrogens with zero attached hydrogens (tertiary/aromatic N) is 6. The zero-order valence-electron chi connectivity index (χ0n) is 19.7. The van der Waals surface area contributed by atoms with Gasteiger partial charge < -0.3 is 14.3 Å². The van der Waals surface area contributed by atoms with Gasteiger partial charge in [-0.25, -0.2) is 18.9 Å². The largest absolute Gasteiger partial charge is 0.493 e. The summed E-state index contributed by atoms with van der Waals surface area (Å²) in [6.45, 7) is 4.10. The molecule has 0 atom stereocenters. The van der Waals surface area contributed by atoms with E-state index in [-0.39, 0.29) is 12.4 Å². The molecule has 3 aromatic heterocycles. The smallest absolute Gasteiger partial charge is 0.192 e. The van der Waals surface area contributed by atoms with Gasteiger partial charge in [-0.15, -0.1) is 5.10 Å². The molecule has 0 aliphatic carbocycles. The molecule has 0 fully saturated rings. The number of aryl methyl sites for hydroxylation is 1. The van der Waals surface area contributed by atoms with Gasteiger partial charge in [-0.3, -0.25) is 4.57 Å². The van der Waals surface area contributed by atoms with E-state index in [9.17, 15) is 4.39 Å². The monoisotopic (exact) mass is 474 g/mol. The normalized spacial score (nSPS) is 11.6. The van der Waals surface area contributed by atoms with Crippen molar-refractivity contribution in [2.24, 2.45) is 5.16 Å². The zero-order valence-corrected chi connectivity index (χ0v) is 19.7. The summed E-state index contributed by atoms with van der Waals surface area (Å²) in [6, 6.07) is 11.8. The third kappa shape index (κ3) is 4.03. The molecule has 0 aliphatic rings. The molecule has 0 radical (unpaired) electrons. The van der Waals surface area contributed by atoms with Crippen LogP contribution in [-0.2, 0) is 11.4 Å². The second-order valence-electron chi connectivity index (χ2n) is 7.88. The molecular weight excluding hydrogens is 451 g/mol. The van der Waals surface area contributed by atoms with Crippen molar-refractivity contribution in [2.45, 2.75) is 20.5 Å². The summed E-state index contributed by atoms with van der Waals surface area (Å²) in [5.74, 6) is 1.42. The molecule has 178 valence electrons. The molecular formula is C25H23FN6O3. The first-order chi connectivity index (χ1) is 17.0. The van der Waals surface area contributed by atoms with Gasteiger partial charge in [0.05, 0.1) is 25.8 Å². The van der Waals surface area contributed by atoms with Gasteiger partial charge >= 0.3 is 0 Å². The average molecular weight is 474 g/mol. The van der Waals surface area contributed by atoms with Crippen LogP contribution in [-0.4, -0.2) is 44.6 Å². The topological polar surface area (TPSA) is 88.1 Å². The van der Waals surface area contributed by atoms with Crippen molar-refractivity contribution in [1.29, 1.82) is 0 Å². The highest BCUT2D eigenvalue weighted by atomic mass is 19.1. The van der Waals surface area contributed by atoms with Crippen molar-refractivity contribution < 1.29 is 18.7 Å². The molecule has 0 aliphatic heterocycles. The van der Waals surface area contributed by atoms with E-state index in [4.69, 9.17) is 14.3 Å². The van der Waals surface area contributed by atoms with E-state index in [0.29, 0.717) is 23.0 Å². The zero-order chi connectivity index (χ0) is 24.5. The Bertz CT molecular complexity index is 1560. The first-order valence-corrected chi connectivity index (χ1v) is 10.9. The number of halogens is 1. The van der Waals surface area contributed by atoms with E-state index >= 15 is 0 Å². The minimum absolute atomic E-state index is 0.0870. The van der Waals surface area contributed by atoms with Gasteiger partial charge in [0.2, 0.25) is 0 Å². The quantitative estimate of drug-likeness (QED) is 0.257. The highest BCUT2D eigenvalue weighted by Gasteiger charge is 2.19. The molecule has 5 rings (SSSR count). The fourth-order valence-corrected chi connectivity index (χ4v) is 4.00. The van der Waals surface area contributed by atoms with Gasteiger partial charge in [-0.2, -0.15) is 0 Å². The van der Waals surface area contributed by atoms with Crippen LogP contribution >= 0.6 is 0 Å². The molecule has 2 aromatic carbocycles. The van der Waals surface area contributed by atoms with E-state index in [1.807, 2.05) is 24.5 Å². The van der Waals surface area contributed by atoms with Crippen LogP contribution in [0.1, 0.15) is 22.6 Å². The standard InChI is InChI=1S/C25H23FN6O3/c1-15-16(2)32(19-8-6-18(26)7-9-19)24-23(15)25-29-22(30-31(25)14-27-24)13-35-28-12-17-5-10-20(33-3)21(11-17)34-4/h5-12,14H,13H2,1-4H3/b28-12+. The lowest BCUT2D eigenvalue weighted by atomic mass is 10.2. The lowest BCUT2D eigenvalue weighted by Gasteiger charge is -2.07. The summed E-state index contributed by atoms with van der Waals surface area (Å²) >= 11 is 0. The Morgan fingerprint density at radius 1 is 1.00 bits per heavy atom. The first-order valence-electron chi connectivity index (χ1n) is 10.9. The Morgan fingerprint density at radius 2 is 1.77 bits per heavy atom. The predicted octanol–water partition coefficient (Wildman–Crippen LogP) is 4.39. The summed E-state index contributed by atoms with van der Waals surface area (Å²) in [5.41, 5.74) is 5.03. The van der Waals surface area contributed by atoms with E-state index in [1.165, 1.54) is 12.1 Å². The highest BCUT2D eigenvalue weighted by Crippen LogP contribution is 2.30. The molecule has 0 amide bonds. The molecule has 9 nitrogen and oxygen atoms in total. The fourth-order valence-electron chi connectivity index (χ4n) is 4.00. The van der Waals surface area contributed by atoms with Gasteiger partial charge in [0.25, 0.3) is 0 Å². The average Bonchev–Trinajstić information content (AvgIpc) is 3.40. The number of oxime groups is 1. The van der Waals surface area contributed by atoms with Crippen LogP contribution in [0.25, 0.3) is 22.4 Å². The molecule has 3 heterocycles. The lowest BCUT2D eigenvalue weighted by molar-refractivity contribution is 0.126. The lowest BCUT2D eigenvalue weighted by Crippen LogP contribution is -1.99. The molecule has 0 saturated heterocycles. The number of aromatic nitrogens is 5. The van der Waals surface area contributed by atoms with Crippen molar-refractivity contribution in [3.63, 3.8) is 0 Å². The molecule has 0 N–H and O–H groups in total.